The molecule has 0 saturated heterocycles. The second-order valence-electron chi connectivity index (χ2n) is 4.92. The summed E-state index contributed by atoms with van der Waals surface area (Å²) >= 11 is 1.49. The van der Waals surface area contributed by atoms with Crippen molar-refractivity contribution in [3.8, 4) is 0 Å². The minimum absolute atomic E-state index is 0.0173. The average Bonchev–Trinajstić information content (AvgIpc) is 2.94. The lowest BCUT2D eigenvalue weighted by Crippen LogP contribution is -2.38. The van der Waals surface area contributed by atoms with E-state index in [-0.39, 0.29) is 17.7 Å². The van der Waals surface area contributed by atoms with Crippen molar-refractivity contribution in [2.24, 2.45) is 16.8 Å². The number of rotatable bonds is 5. The lowest BCUT2D eigenvalue weighted by Gasteiger charge is -2.23. The van der Waals surface area contributed by atoms with E-state index in [4.69, 9.17) is 10.9 Å². The molecule has 21 heavy (non-hydrogen) atoms. The number of amidine groups is 1. The van der Waals surface area contributed by atoms with Gasteiger partial charge in [-0.25, -0.2) is 0 Å². The molecule has 1 aromatic heterocycles. The van der Waals surface area contributed by atoms with Gasteiger partial charge in [0.2, 0.25) is 0 Å². The zero-order valence-corrected chi connectivity index (χ0v) is 12.9. The van der Waals surface area contributed by atoms with Crippen LogP contribution in [0.4, 0.5) is 0 Å². The maximum Gasteiger partial charge on any atom is 0.263 e. The van der Waals surface area contributed by atoms with Gasteiger partial charge in [-0.15, -0.1) is 11.3 Å². The van der Waals surface area contributed by atoms with Crippen LogP contribution in [0.3, 0.4) is 0 Å². The summed E-state index contributed by atoms with van der Waals surface area (Å²) in [5, 5.41) is 12.8. The van der Waals surface area contributed by atoms with Crippen molar-refractivity contribution in [1.29, 1.82) is 0 Å². The molecule has 3 N–H and O–H groups in total. The number of nitrogens with zero attached hydrogens (tertiary/aromatic N) is 2. The molecule has 1 unspecified atom stereocenters. The number of fused-ring (bicyclic) bond motifs is 1. The highest BCUT2D eigenvalue weighted by Crippen LogP contribution is 2.26. The average molecular weight is 305 g/mol. The number of carbonyl (C=O) groups is 1. The zero-order valence-electron chi connectivity index (χ0n) is 12.1. The number of oxime groups is 1. The Kier molecular flexibility index (Phi) is 4.80. The fraction of sp³-hybridized carbons (Fsp3) is 0.333. The summed E-state index contributed by atoms with van der Waals surface area (Å²) in [6.07, 6.45) is 0. The lowest BCUT2D eigenvalue weighted by molar-refractivity contribution is 0.0759. The highest BCUT2D eigenvalue weighted by atomic mass is 32.1. The van der Waals surface area contributed by atoms with Gasteiger partial charge in [-0.05, 0) is 24.4 Å². The van der Waals surface area contributed by atoms with Crippen LogP contribution in [0.2, 0.25) is 0 Å². The second-order valence-corrected chi connectivity index (χ2v) is 6.00. The summed E-state index contributed by atoms with van der Waals surface area (Å²) in [4.78, 5) is 15.0. The van der Waals surface area contributed by atoms with E-state index in [1.807, 2.05) is 44.2 Å². The van der Waals surface area contributed by atoms with E-state index in [0.717, 1.165) is 10.1 Å². The van der Waals surface area contributed by atoms with Gasteiger partial charge >= 0.3 is 0 Å². The lowest BCUT2D eigenvalue weighted by atomic mass is 10.1. The summed E-state index contributed by atoms with van der Waals surface area (Å²) in [6, 6.07) is 9.84. The van der Waals surface area contributed by atoms with Crippen LogP contribution in [-0.4, -0.2) is 34.9 Å². The Balaban J connectivity index is 2.19. The highest BCUT2D eigenvalue weighted by molar-refractivity contribution is 7.20. The first kappa shape index (κ1) is 15.3. The Hall–Kier alpha value is -2.08. The molecule has 5 nitrogen and oxygen atoms in total. The summed E-state index contributed by atoms with van der Waals surface area (Å²) in [5.74, 6) is -0.0674. The Morgan fingerprint density at radius 3 is 2.81 bits per heavy atom. The van der Waals surface area contributed by atoms with Crippen molar-refractivity contribution in [3.05, 3.63) is 35.2 Å². The van der Waals surface area contributed by atoms with Gasteiger partial charge in [-0.2, -0.15) is 0 Å². The van der Waals surface area contributed by atoms with E-state index in [2.05, 4.69) is 5.16 Å². The quantitative estimate of drug-likeness (QED) is 0.386. The van der Waals surface area contributed by atoms with E-state index in [9.17, 15) is 4.79 Å². The van der Waals surface area contributed by atoms with Gasteiger partial charge in [0.1, 0.15) is 5.84 Å². The van der Waals surface area contributed by atoms with Crippen molar-refractivity contribution >= 4 is 33.2 Å². The normalized spacial score (nSPS) is 13.3. The Morgan fingerprint density at radius 1 is 1.48 bits per heavy atom. The number of hydrogen-bond donors (Lipinski definition) is 2. The van der Waals surface area contributed by atoms with E-state index in [0.29, 0.717) is 18.0 Å². The van der Waals surface area contributed by atoms with E-state index < -0.39 is 0 Å². The van der Waals surface area contributed by atoms with Crippen LogP contribution < -0.4 is 5.73 Å². The molecular formula is C15H19N3O2S. The highest BCUT2D eigenvalue weighted by Gasteiger charge is 2.20. The monoisotopic (exact) mass is 305 g/mol. The molecule has 1 aromatic carbocycles. The van der Waals surface area contributed by atoms with Crippen LogP contribution >= 0.6 is 11.3 Å². The molecular weight excluding hydrogens is 286 g/mol. The Morgan fingerprint density at radius 2 is 2.19 bits per heavy atom. The van der Waals surface area contributed by atoms with Gasteiger partial charge in [-0.1, -0.05) is 30.3 Å². The third-order valence-corrected chi connectivity index (χ3v) is 4.52. The zero-order chi connectivity index (χ0) is 15.4. The van der Waals surface area contributed by atoms with Crippen molar-refractivity contribution in [2.75, 3.05) is 13.1 Å². The molecule has 0 spiro atoms. The maximum absolute atomic E-state index is 12.6. The predicted molar refractivity (Wildman–Crippen MR) is 86.0 cm³/mol. The molecule has 1 atom stereocenters. The smallest absolute Gasteiger partial charge is 0.263 e. The first-order chi connectivity index (χ1) is 10.1. The van der Waals surface area contributed by atoms with Crippen LogP contribution in [-0.2, 0) is 0 Å². The molecule has 0 bridgehead atoms. The molecule has 1 amide bonds. The molecule has 0 aliphatic carbocycles. The van der Waals surface area contributed by atoms with Crippen LogP contribution in [0.25, 0.3) is 10.1 Å². The number of nitrogens with two attached hydrogens (primary N) is 1. The number of carbonyl (C=O) groups excluding carboxylic acids is 1. The molecule has 2 rings (SSSR count). The van der Waals surface area contributed by atoms with Gasteiger partial charge in [0.25, 0.3) is 5.91 Å². The fourth-order valence-corrected chi connectivity index (χ4v) is 3.15. The topological polar surface area (TPSA) is 78.9 Å². The van der Waals surface area contributed by atoms with Crippen molar-refractivity contribution in [1.82, 2.24) is 4.90 Å². The number of hydrogen-bond acceptors (Lipinski definition) is 4. The van der Waals surface area contributed by atoms with Gasteiger partial charge in [-0.3, -0.25) is 4.79 Å². The van der Waals surface area contributed by atoms with Crippen LogP contribution in [0, 0.1) is 5.92 Å². The summed E-state index contributed by atoms with van der Waals surface area (Å²) in [5.41, 5.74) is 5.58. The minimum Gasteiger partial charge on any atom is -0.409 e. The molecule has 2 aromatic rings. The third kappa shape index (κ3) is 3.33. The number of amides is 1. The summed E-state index contributed by atoms with van der Waals surface area (Å²) in [6.45, 7) is 4.76. The third-order valence-electron chi connectivity index (χ3n) is 3.42. The summed E-state index contributed by atoms with van der Waals surface area (Å²) < 4.78 is 1.10. The fourth-order valence-electron chi connectivity index (χ4n) is 2.12. The molecule has 112 valence electrons. The van der Waals surface area contributed by atoms with E-state index in [1.165, 1.54) is 11.3 Å². The number of thiophene rings is 1. The maximum atomic E-state index is 12.6. The van der Waals surface area contributed by atoms with E-state index in [1.54, 1.807) is 4.90 Å². The molecule has 0 radical (unpaired) electrons. The molecule has 6 heteroatoms. The van der Waals surface area contributed by atoms with Gasteiger partial charge in [0.05, 0.1) is 4.88 Å². The van der Waals surface area contributed by atoms with Crippen molar-refractivity contribution in [3.63, 3.8) is 0 Å². The minimum atomic E-state index is -0.187. The Bertz CT molecular complexity index is 633. The van der Waals surface area contributed by atoms with Gasteiger partial charge < -0.3 is 15.8 Å². The van der Waals surface area contributed by atoms with Crippen LogP contribution in [0.5, 0.6) is 0 Å². The first-order valence-electron chi connectivity index (χ1n) is 6.82. The van der Waals surface area contributed by atoms with E-state index >= 15 is 0 Å². The number of benzene rings is 1. The largest absolute Gasteiger partial charge is 0.409 e. The van der Waals surface area contributed by atoms with Crippen LogP contribution in [0.15, 0.2) is 35.5 Å². The van der Waals surface area contributed by atoms with Crippen molar-refractivity contribution < 1.29 is 10.0 Å². The molecule has 0 saturated carbocycles. The van der Waals surface area contributed by atoms with Crippen LogP contribution in [0.1, 0.15) is 23.5 Å². The summed E-state index contributed by atoms with van der Waals surface area (Å²) in [7, 11) is 0. The molecule has 0 fully saturated rings. The molecule has 0 aliphatic heterocycles. The van der Waals surface area contributed by atoms with Gasteiger partial charge in [0.15, 0.2) is 0 Å². The molecule has 0 aliphatic rings. The van der Waals surface area contributed by atoms with Crippen molar-refractivity contribution in [2.45, 2.75) is 13.8 Å². The standard InChI is InChI=1S/C15H19N3O2S/c1-3-18(9-10(2)14(16)17-20)15(19)13-8-11-6-4-5-7-12(11)21-13/h4-8,10,20H,3,9H2,1-2H3,(H2,16,17). The Labute approximate surface area is 127 Å². The first-order valence-corrected chi connectivity index (χ1v) is 7.63. The predicted octanol–water partition coefficient (Wildman–Crippen LogP) is 2.75. The van der Waals surface area contributed by atoms with Gasteiger partial charge in [0, 0.05) is 23.7 Å². The second kappa shape index (κ2) is 6.58. The SMILES string of the molecule is CCN(CC(C)C(N)=NO)C(=O)c1cc2ccccc2s1. The molecule has 1 heterocycles.